The van der Waals surface area contributed by atoms with E-state index in [-0.39, 0.29) is 23.8 Å². The third kappa shape index (κ3) is 5.01. The average Bonchev–Trinajstić information content (AvgIpc) is 2.62. The zero-order valence-electron chi connectivity index (χ0n) is 13.8. The Kier molecular flexibility index (Phi) is 6.64. The highest BCUT2D eigenvalue weighted by Gasteiger charge is 2.10. The first-order chi connectivity index (χ1) is 12.1. The fourth-order valence-corrected chi connectivity index (χ4v) is 2.54. The largest absolute Gasteiger partial charge is 1.00 e. The van der Waals surface area contributed by atoms with Crippen molar-refractivity contribution in [2.75, 3.05) is 0 Å². The molecule has 1 aromatic heterocycles. The molecule has 0 aliphatic rings. The quantitative estimate of drug-likeness (QED) is 0.683. The smallest absolute Gasteiger partial charge is 0.335 e. The second-order valence-electron chi connectivity index (χ2n) is 5.64. The Morgan fingerprint density at radius 2 is 1.77 bits per heavy atom. The maximum atomic E-state index is 13.0. The third-order valence-electron chi connectivity index (χ3n) is 3.82. The zero-order chi connectivity index (χ0) is 17.6. The fraction of sp³-hybridized carbons (Fsp3) is 0.0476. The van der Waals surface area contributed by atoms with Crippen LogP contribution in [0.5, 0.6) is 0 Å². The number of aromatic nitrogens is 1. The molecule has 1 N–H and O–H groups in total. The lowest BCUT2D eigenvalue weighted by Crippen LogP contribution is -3.00. The summed E-state index contributed by atoms with van der Waals surface area (Å²) in [5.74, 6) is -1.19. The van der Waals surface area contributed by atoms with E-state index in [1.807, 2.05) is 47.2 Å². The van der Waals surface area contributed by atoms with E-state index in [1.165, 1.54) is 12.1 Å². The molecule has 0 unspecified atom stereocenters. The van der Waals surface area contributed by atoms with Gasteiger partial charge in [0.05, 0.1) is 5.56 Å². The van der Waals surface area contributed by atoms with Gasteiger partial charge in [0, 0.05) is 23.8 Å². The molecule has 0 fully saturated rings. The van der Waals surface area contributed by atoms with E-state index >= 15 is 0 Å². The van der Waals surface area contributed by atoms with Gasteiger partial charge in [-0.25, -0.2) is 9.18 Å². The fourth-order valence-electron chi connectivity index (χ4n) is 2.54. The molecule has 0 radical (unpaired) electrons. The molecular weight excluding hydrogens is 353 g/mol. The number of halogens is 2. The summed E-state index contributed by atoms with van der Waals surface area (Å²) in [4.78, 5) is 11.1. The van der Waals surface area contributed by atoms with Crippen LogP contribution >= 0.6 is 0 Å². The Balaban J connectivity index is 0.00000243. The number of pyridine rings is 1. The molecule has 3 aromatic rings. The van der Waals surface area contributed by atoms with Crippen molar-refractivity contribution in [2.24, 2.45) is 0 Å². The summed E-state index contributed by atoms with van der Waals surface area (Å²) < 4.78 is 15.0. The standard InChI is InChI=1S/C21H16FNO2.ClH/c22-19-10-7-16(8-11-19)9-12-20-6-1-2-13-23(20)15-17-4-3-5-18(14-17)21(24)25;/h1-14H,15H2;1H/b12-9+;. The van der Waals surface area contributed by atoms with E-state index < -0.39 is 5.97 Å². The molecule has 0 saturated carbocycles. The van der Waals surface area contributed by atoms with Crippen molar-refractivity contribution < 1.29 is 31.3 Å². The molecule has 3 rings (SSSR count). The summed E-state index contributed by atoms with van der Waals surface area (Å²) in [5.41, 5.74) is 3.06. The van der Waals surface area contributed by atoms with Crippen molar-refractivity contribution >= 4 is 18.1 Å². The molecule has 0 saturated heterocycles. The minimum Gasteiger partial charge on any atom is -1.00 e. The molecule has 0 bridgehead atoms. The molecule has 2 aromatic carbocycles. The highest BCUT2D eigenvalue weighted by atomic mass is 35.5. The molecule has 3 nitrogen and oxygen atoms in total. The second-order valence-corrected chi connectivity index (χ2v) is 5.64. The van der Waals surface area contributed by atoms with Gasteiger partial charge in [0.1, 0.15) is 5.82 Å². The molecule has 0 aliphatic carbocycles. The lowest BCUT2D eigenvalue weighted by atomic mass is 10.1. The van der Waals surface area contributed by atoms with E-state index in [0.29, 0.717) is 6.54 Å². The van der Waals surface area contributed by atoms with Gasteiger partial charge in [-0.2, -0.15) is 4.57 Å². The minimum absolute atomic E-state index is 0. The number of carboxylic acids is 1. The summed E-state index contributed by atoms with van der Waals surface area (Å²) >= 11 is 0. The van der Waals surface area contributed by atoms with Crippen LogP contribution in [0.3, 0.4) is 0 Å². The molecule has 0 aliphatic heterocycles. The summed E-state index contributed by atoms with van der Waals surface area (Å²) in [6.07, 6.45) is 5.81. The van der Waals surface area contributed by atoms with Crippen LogP contribution in [0.2, 0.25) is 0 Å². The summed E-state index contributed by atoms with van der Waals surface area (Å²) in [6, 6.07) is 19.0. The van der Waals surface area contributed by atoms with Crippen LogP contribution in [0.4, 0.5) is 4.39 Å². The first-order valence-corrected chi connectivity index (χ1v) is 7.86. The minimum atomic E-state index is -0.934. The molecule has 26 heavy (non-hydrogen) atoms. The first kappa shape index (κ1) is 19.3. The van der Waals surface area contributed by atoms with Crippen molar-refractivity contribution in [1.82, 2.24) is 0 Å². The number of benzene rings is 2. The van der Waals surface area contributed by atoms with Gasteiger partial charge in [0.2, 0.25) is 5.69 Å². The Morgan fingerprint density at radius 3 is 2.50 bits per heavy atom. The molecule has 0 atom stereocenters. The highest BCUT2D eigenvalue weighted by Crippen LogP contribution is 2.09. The summed E-state index contributed by atoms with van der Waals surface area (Å²) in [7, 11) is 0. The zero-order valence-corrected chi connectivity index (χ0v) is 14.6. The Hall–Kier alpha value is -2.98. The average molecular weight is 370 g/mol. The van der Waals surface area contributed by atoms with E-state index in [2.05, 4.69) is 0 Å². The van der Waals surface area contributed by atoms with Crippen LogP contribution in [0.25, 0.3) is 12.2 Å². The van der Waals surface area contributed by atoms with Gasteiger partial charge in [-0.1, -0.05) is 24.3 Å². The van der Waals surface area contributed by atoms with Gasteiger partial charge in [0.15, 0.2) is 12.7 Å². The molecule has 0 amide bonds. The van der Waals surface area contributed by atoms with Crippen molar-refractivity contribution in [3.05, 3.63) is 101 Å². The number of carbonyl (C=O) groups is 1. The van der Waals surface area contributed by atoms with E-state index in [4.69, 9.17) is 5.11 Å². The SMILES string of the molecule is O=C(O)c1cccc(C[n+]2ccccc2/C=C/c2ccc(F)cc2)c1.[Cl-]. The lowest BCUT2D eigenvalue weighted by Gasteiger charge is -2.02. The van der Waals surface area contributed by atoms with Crippen molar-refractivity contribution in [3.63, 3.8) is 0 Å². The predicted molar refractivity (Wildman–Crippen MR) is 94.5 cm³/mol. The number of rotatable bonds is 5. The van der Waals surface area contributed by atoms with Crippen LogP contribution in [0.15, 0.2) is 72.9 Å². The summed E-state index contributed by atoms with van der Waals surface area (Å²) in [6.45, 7) is 0.561. The normalized spacial score (nSPS) is 10.5. The van der Waals surface area contributed by atoms with Crippen LogP contribution in [-0.4, -0.2) is 11.1 Å². The topological polar surface area (TPSA) is 41.2 Å². The predicted octanol–water partition coefficient (Wildman–Crippen LogP) is 1.03. The van der Waals surface area contributed by atoms with E-state index in [9.17, 15) is 9.18 Å². The van der Waals surface area contributed by atoms with Gasteiger partial charge < -0.3 is 17.5 Å². The second kappa shape index (κ2) is 8.92. The number of aromatic carboxylic acids is 1. The van der Waals surface area contributed by atoms with Gasteiger partial charge in [-0.3, -0.25) is 0 Å². The molecule has 5 heteroatoms. The maximum Gasteiger partial charge on any atom is 0.335 e. The monoisotopic (exact) mass is 369 g/mol. The van der Waals surface area contributed by atoms with Gasteiger partial charge in [-0.15, -0.1) is 0 Å². The third-order valence-corrected chi connectivity index (χ3v) is 3.82. The van der Waals surface area contributed by atoms with Crippen LogP contribution in [-0.2, 0) is 6.54 Å². The molecule has 1 heterocycles. The molecular formula is C21H17ClFNO2. The van der Waals surface area contributed by atoms with Crippen LogP contribution < -0.4 is 17.0 Å². The Morgan fingerprint density at radius 1 is 1.00 bits per heavy atom. The van der Waals surface area contributed by atoms with Gasteiger partial charge >= 0.3 is 5.97 Å². The number of nitrogens with zero attached hydrogens (tertiary/aromatic N) is 1. The summed E-state index contributed by atoms with van der Waals surface area (Å²) in [5, 5.41) is 9.12. The number of hydrogen-bond donors (Lipinski definition) is 1. The van der Waals surface area contributed by atoms with Gasteiger partial charge in [0.25, 0.3) is 0 Å². The Labute approximate surface area is 157 Å². The van der Waals surface area contributed by atoms with Crippen LogP contribution in [0, 0.1) is 5.82 Å². The first-order valence-electron chi connectivity index (χ1n) is 7.86. The van der Waals surface area contributed by atoms with E-state index in [1.54, 1.807) is 30.3 Å². The lowest BCUT2D eigenvalue weighted by molar-refractivity contribution is -0.690. The van der Waals surface area contributed by atoms with E-state index in [0.717, 1.165) is 16.8 Å². The molecule has 0 spiro atoms. The number of carboxylic acid groups (broad SMARTS) is 1. The van der Waals surface area contributed by atoms with Crippen molar-refractivity contribution in [3.8, 4) is 0 Å². The van der Waals surface area contributed by atoms with Crippen LogP contribution in [0.1, 0.15) is 27.2 Å². The van der Waals surface area contributed by atoms with Crippen molar-refractivity contribution in [2.45, 2.75) is 6.54 Å². The Bertz CT molecular complexity index is 923. The van der Waals surface area contributed by atoms with Gasteiger partial charge in [-0.05, 0) is 42.0 Å². The van der Waals surface area contributed by atoms with Crippen molar-refractivity contribution in [1.29, 1.82) is 0 Å². The maximum absolute atomic E-state index is 13.0. The highest BCUT2D eigenvalue weighted by molar-refractivity contribution is 5.87. The number of hydrogen-bond acceptors (Lipinski definition) is 1. The molecule has 132 valence electrons.